The van der Waals surface area contributed by atoms with Crippen LogP contribution in [0.2, 0.25) is 0 Å². The van der Waals surface area contributed by atoms with Crippen molar-refractivity contribution in [3.63, 3.8) is 0 Å². The molecule has 0 fully saturated rings. The first-order valence-electron chi connectivity index (χ1n) is 7.43. The molecule has 0 aliphatic heterocycles. The van der Waals surface area contributed by atoms with E-state index >= 15 is 0 Å². The fourth-order valence-electron chi connectivity index (χ4n) is 1.94. The highest BCUT2D eigenvalue weighted by Gasteiger charge is 2.13. The third-order valence-corrected chi connectivity index (χ3v) is 4.61. The third-order valence-electron chi connectivity index (χ3n) is 3.13. The number of sulfonamides is 1. The monoisotopic (exact) mass is 335 g/mol. The molecule has 0 amide bonds. The molecule has 0 radical (unpaired) electrons. The highest BCUT2D eigenvalue weighted by Crippen LogP contribution is 2.16. The predicted molar refractivity (Wildman–Crippen MR) is 89.5 cm³/mol. The van der Waals surface area contributed by atoms with Crippen molar-refractivity contribution >= 4 is 10.0 Å². The minimum atomic E-state index is -3.54. The number of aryl methyl sites for hydroxylation is 1. The van der Waals surface area contributed by atoms with Gasteiger partial charge in [0.1, 0.15) is 18.1 Å². The van der Waals surface area contributed by atoms with Gasteiger partial charge in [0.25, 0.3) is 0 Å². The normalized spacial score (nSPS) is 11.2. The van der Waals surface area contributed by atoms with E-state index in [-0.39, 0.29) is 18.0 Å². The second-order valence-electron chi connectivity index (χ2n) is 4.96. The van der Waals surface area contributed by atoms with Crippen molar-refractivity contribution in [2.45, 2.75) is 18.7 Å². The zero-order valence-electron chi connectivity index (χ0n) is 13.3. The molecule has 1 N–H and O–H groups in total. The van der Waals surface area contributed by atoms with Crippen LogP contribution in [0.4, 0.5) is 0 Å². The summed E-state index contributed by atoms with van der Waals surface area (Å²) < 4.78 is 37.6. The molecule has 124 valence electrons. The lowest BCUT2D eigenvalue weighted by Gasteiger charge is -2.09. The Balaban J connectivity index is 1.84. The predicted octanol–water partition coefficient (Wildman–Crippen LogP) is 2.75. The molecule has 5 nitrogen and oxygen atoms in total. The van der Waals surface area contributed by atoms with Crippen molar-refractivity contribution in [3.05, 3.63) is 54.1 Å². The van der Waals surface area contributed by atoms with E-state index in [4.69, 9.17) is 9.47 Å². The third kappa shape index (κ3) is 5.26. The highest BCUT2D eigenvalue weighted by molar-refractivity contribution is 7.89. The summed E-state index contributed by atoms with van der Waals surface area (Å²) in [5.41, 5.74) is 1.15. The summed E-state index contributed by atoms with van der Waals surface area (Å²) in [7, 11) is -3.54. The Morgan fingerprint density at radius 3 is 2.09 bits per heavy atom. The fraction of sp³-hybridized carbons (Fsp3) is 0.294. The Labute approximate surface area is 137 Å². The van der Waals surface area contributed by atoms with Crippen LogP contribution in [0.1, 0.15) is 12.5 Å². The summed E-state index contributed by atoms with van der Waals surface area (Å²) in [6, 6.07) is 13.9. The van der Waals surface area contributed by atoms with Crippen LogP contribution in [0.25, 0.3) is 0 Å². The van der Waals surface area contributed by atoms with Gasteiger partial charge >= 0.3 is 0 Å². The molecule has 23 heavy (non-hydrogen) atoms. The van der Waals surface area contributed by atoms with Crippen molar-refractivity contribution in [3.8, 4) is 11.5 Å². The highest BCUT2D eigenvalue weighted by atomic mass is 32.2. The maximum atomic E-state index is 12.1. The number of hydrogen-bond acceptors (Lipinski definition) is 4. The molecule has 0 spiro atoms. The molecule has 0 atom stereocenters. The van der Waals surface area contributed by atoms with Gasteiger partial charge in [-0.05, 0) is 50.2 Å². The first-order chi connectivity index (χ1) is 11.0. The molecule has 0 aromatic heterocycles. The fourth-order valence-corrected chi connectivity index (χ4v) is 2.96. The molecule has 0 aliphatic carbocycles. The van der Waals surface area contributed by atoms with Crippen molar-refractivity contribution < 1.29 is 17.9 Å². The molecule has 0 bridgehead atoms. The first-order valence-corrected chi connectivity index (χ1v) is 8.91. The Hall–Kier alpha value is -2.05. The Morgan fingerprint density at radius 1 is 0.913 bits per heavy atom. The van der Waals surface area contributed by atoms with Crippen LogP contribution in [0.15, 0.2) is 53.4 Å². The minimum absolute atomic E-state index is 0.198. The van der Waals surface area contributed by atoms with E-state index in [1.807, 2.05) is 38.1 Å². The minimum Gasteiger partial charge on any atom is -0.494 e. The van der Waals surface area contributed by atoms with E-state index in [0.717, 1.165) is 11.3 Å². The Bertz CT molecular complexity index is 709. The largest absolute Gasteiger partial charge is 0.494 e. The lowest BCUT2D eigenvalue weighted by Crippen LogP contribution is -2.28. The standard InChI is InChI=1S/C17H21NO4S/c1-3-21-15-8-10-17(11-9-15)23(19,20)18-12-13-22-16-6-4-14(2)5-7-16/h4-11,18H,3,12-13H2,1-2H3. The number of rotatable bonds is 8. The van der Waals surface area contributed by atoms with Crippen molar-refractivity contribution in [2.24, 2.45) is 0 Å². The van der Waals surface area contributed by atoms with Gasteiger partial charge in [0.2, 0.25) is 10.0 Å². The zero-order valence-corrected chi connectivity index (χ0v) is 14.1. The quantitative estimate of drug-likeness (QED) is 0.754. The van der Waals surface area contributed by atoms with Crippen molar-refractivity contribution in [1.82, 2.24) is 4.72 Å². The van der Waals surface area contributed by atoms with E-state index in [1.165, 1.54) is 12.1 Å². The van der Waals surface area contributed by atoms with Gasteiger partial charge in [0.05, 0.1) is 11.5 Å². The van der Waals surface area contributed by atoms with Crippen LogP contribution in [0.5, 0.6) is 11.5 Å². The topological polar surface area (TPSA) is 64.6 Å². The molecule has 0 saturated carbocycles. The lowest BCUT2D eigenvalue weighted by atomic mass is 10.2. The van der Waals surface area contributed by atoms with Crippen LogP contribution >= 0.6 is 0 Å². The van der Waals surface area contributed by atoms with Crippen LogP contribution in [0, 0.1) is 6.92 Å². The summed E-state index contributed by atoms with van der Waals surface area (Å²) in [4.78, 5) is 0.205. The summed E-state index contributed by atoms with van der Waals surface area (Å²) in [6.07, 6.45) is 0. The van der Waals surface area contributed by atoms with E-state index in [0.29, 0.717) is 12.4 Å². The second-order valence-corrected chi connectivity index (χ2v) is 6.73. The molecule has 0 heterocycles. The van der Waals surface area contributed by atoms with Gasteiger partial charge in [-0.15, -0.1) is 0 Å². The summed E-state index contributed by atoms with van der Waals surface area (Å²) in [6.45, 7) is 4.87. The SMILES string of the molecule is CCOc1ccc(S(=O)(=O)NCCOc2ccc(C)cc2)cc1. The van der Waals surface area contributed by atoms with Crippen LogP contribution in [-0.4, -0.2) is 28.2 Å². The van der Waals surface area contributed by atoms with Crippen LogP contribution < -0.4 is 14.2 Å². The smallest absolute Gasteiger partial charge is 0.240 e. The van der Waals surface area contributed by atoms with Crippen molar-refractivity contribution in [2.75, 3.05) is 19.8 Å². The molecule has 6 heteroatoms. The van der Waals surface area contributed by atoms with Gasteiger partial charge in [0.15, 0.2) is 0 Å². The van der Waals surface area contributed by atoms with Gasteiger partial charge < -0.3 is 9.47 Å². The van der Waals surface area contributed by atoms with E-state index < -0.39 is 10.0 Å². The van der Waals surface area contributed by atoms with Gasteiger partial charge in [0, 0.05) is 6.54 Å². The summed E-state index contributed by atoms with van der Waals surface area (Å²) in [5.74, 6) is 1.37. The van der Waals surface area contributed by atoms with Gasteiger partial charge in [-0.3, -0.25) is 0 Å². The van der Waals surface area contributed by atoms with Gasteiger partial charge in [-0.2, -0.15) is 0 Å². The van der Waals surface area contributed by atoms with Crippen molar-refractivity contribution in [1.29, 1.82) is 0 Å². The van der Waals surface area contributed by atoms with E-state index in [9.17, 15) is 8.42 Å². The number of nitrogens with one attached hydrogen (secondary N) is 1. The molecule has 0 aliphatic rings. The summed E-state index contributed by atoms with van der Waals surface area (Å²) >= 11 is 0. The second kappa shape index (κ2) is 7.99. The van der Waals surface area contributed by atoms with Gasteiger partial charge in [-0.25, -0.2) is 13.1 Å². The number of benzene rings is 2. The first kappa shape index (κ1) is 17.3. The van der Waals surface area contributed by atoms with Gasteiger partial charge in [-0.1, -0.05) is 17.7 Å². The number of hydrogen-bond donors (Lipinski definition) is 1. The Kier molecular flexibility index (Phi) is 6.01. The molecule has 2 aromatic carbocycles. The maximum absolute atomic E-state index is 12.1. The molecule has 2 rings (SSSR count). The van der Waals surface area contributed by atoms with E-state index in [2.05, 4.69) is 4.72 Å². The molecule has 0 unspecified atom stereocenters. The van der Waals surface area contributed by atoms with E-state index in [1.54, 1.807) is 12.1 Å². The molecule has 0 saturated heterocycles. The average Bonchev–Trinajstić information content (AvgIpc) is 2.54. The molecular weight excluding hydrogens is 314 g/mol. The summed E-state index contributed by atoms with van der Waals surface area (Å²) in [5, 5.41) is 0. The molecule has 2 aromatic rings. The van der Waals surface area contributed by atoms with Crippen LogP contribution in [0.3, 0.4) is 0 Å². The Morgan fingerprint density at radius 2 is 1.48 bits per heavy atom. The van der Waals surface area contributed by atoms with Crippen LogP contribution in [-0.2, 0) is 10.0 Å². The zero-order chi connectivity index (χ0) is 16.7. The maximum Gasteiger partial charge on any atom is 0.240 e. The number of ether oxygens (including phenoxy) is 2. The lowest BCUT2D eigenvalue weighted by molar-refractivity contribution is 0.322. The molecular formula is C17H21NO4S. The average molecular weight is 335 g/mol.